The molecule has 0 aliphatic carbocycles. The molecule has 1 aliphatic heterocycles. The van der Waals surface area contributed by atoms with Gasteiger partial charge in [-0.15, -0.1) is 0 Å². The second-order valence-corrected chi connectivity index (χ2v) is 7.68. The molecule has 1 N–H and O–H groups in total. The van der Waals surface area contributed by atoms with Gasteiger partial charge in [-0.3, -0.25) is 14.5 Å². The Balaban J connectivity index is 1.31. The van der Waals surface area contributed by atoms with Crippen molar-refractivity contribution in [2.75, 3.05) is 13.1 Å². The van der Waals surface area contributed by atoms with Gasteiger partial charge in [0.1, 0.15) is 6.54 Å². The van der Waals surface area contributed by atoms with Crippen molar-refractivity contribution in [3.63, 3.8) is 0 Å². The lowest BCUT2D eigenvalue weighted by Crippen LogP contribution is -2.46. The summed E-state index contributed by atoms with van der Waals surface area (Å²) < 4.78 is 1.24. The number of nitrogens with zero attached hydrogens (tertiary/aromatic N) is 3. The number of amides is 1. The molecule has 0 spiro atoms. The minimum absolute atomic E-state index is 0.0657. The monoisotopic (exact) mass is 402 g/mol. The van der Waals surface area contributed by atoms with Crippen molar-refractivity contribution in [2.45, 2.75) is 32.0 Å². The highest BCUT2D eigenvalue weighted by Gasteiger charge is 2.21. The van der Waals surface area contributed by atoms with Crippen LogP contribution < -0.4 is 10.9 Å². The van der Waals surface area contributed by atoms with E-state index < -0.39 is 0 Å². The molecular formula is C24H26N4O2. The second kappa shape index (κ2) is 9.50. The van der Waals surface area contributed by atoms with Crippen molar-refractivity contribution in [1.29, 1.82) is 0 Å². The summed E-state index contributed by atoms with van der Waals surface area (Å²) in [5.41, 5.74) is 2.63. The zero-order valence-corrected chi connectivity index (χ0v) is 16.9. The number of aromatic nitrogens is 2. The molecule has 2 heterocycles. The van der Waals surface area contributed by atoms with Crippen LogP contribution in [0.2, 0.25) is 0 Å². The quantitative estimate of drug-likeness (QED) is 0.688. The number of benzene rings is 2. The molecule has 6 nitrogen and oxygen atoms in total. The highest BCUT2D eigenvalue weighted by atomic mass is 16.2. The molecule has 1 amide bonds. The molecule has 2 aromatic carbocycles. The normalized spacial score (nSPS) is 15.1. The molecule has 1 aromatic heterocycles. The fourth-order valence-electron chi connectivity index (χ4n) is 3.81. The largest absolute Gasteiger partial charge is 0.352 e. The predicted octanol–water partition coefficient (Wildman–Crippen LogP) is 2.69. The Hall–Kier alpha value is -3.25. The molecule has 4 rings (SSSR count). The highest BCUT2D eigenvalue weighted by Crippen LogP contribution is 2.15. The van der Waals surface area contributed by atoms with Gasteiger partial charge in [-0.1, -0.05) is 60.7 Å². The Morgan fingerprint density at radius 3 is 2.30 bits per heavy atom. The maximum atomic E-state index is 12.5. The molecule has 0 saturated carbocycles. The van der Waals surface area contributed by atoms with E-state index in [1.54, 1.807) is 6.07 Å². The average Bonchev–Trinajstić information content (AvgIpc) is 2.78. The summed E-state index contributed by atoms with van der Waals surface area (Å²) in [6.45, 7) is 2.76. The van der Waals surface area contributed by atoms with Gasteiger partial charge in [0.2, 0.25) is 5.91 Å². The van der Waals surface area contributed by atoms with Crippen LogP contribution in [0.15, 0.2) is 77.6 Å². The van der Waals surface area contributed by atoms with Crippen molar-refractivity contribution in [2.24, 2.45) is 0 Å². The number of carbonyl (C=O) groups is 1. The fraction of sp³-hybridized carbons (Fsp3) is 0.292. The predicted molar refractivity (Wildman–Crippen MR) is 117 cm³/mol. The molecule has 1 fully saturated rings. The first-order valence-electron chi connectivity index (χ1n) is 10.4. The number of rotatable bonds is 6. The van der Waals surface area contributed by atoms with Gasteiger partial charge in [0.25, 0.3) is 5.56 Å². The van der Waals surface area contributed by atoms with Crippen LogP contribution in [0, 0.1) is 0 Å². The Bertz CT molecular complexity index is 1030. The van der Waals surface area contributed by atoms with Crippen molar-refractivity contribution in [1.82, 2.24) is 20.0 Å². The molecule has 6 heteroatoms. The minimum atomic E-state index is -0.275. The van der Waals surface area contributed by atoms with Gasteiger partial charge in [-0.2, -0.15) is 5.10 Å². The Kier molecular flexibility index (Phi) is 6.35. The van der Waals surface area contributed by atoms with E-state index >= 15 is 0 Å². The van der Waals surface area contributed by atoms with E-state index in [9.17, 15) is 9.59 Å². The van der Waals surface area contributed by atoms with E-state index in [4.69, 9.17) is 0 Å². The van der Waals surface area contributed by atoms with E-state index in [1.165, 1.54) is 16.3 Å². The number of carbonyl (C=O) groups excluding carboxylic acids is 1. The number of likely N-dealkylation sites (tertiary alicyclic amines) is 1. The maximum Gasteiger partial charge on any atom is 0.267 e. The smallest absolute Gasteiger partial charge is 0.267 e. The summed E-state index contributed by atoms with van der Waals surface area (Å²) >= 11 is 0. The van der Waals surface area contributed by atoms with Crippen LogP contribution in [0.25, 0.3) is 11.3 Å². The van der Waals surface area contributed by atoms with E-state index in [-0.39, 0.29) is 24.1 Å². The summed E-state index contributed by atoms with van der Waals surface area (Å²) in [6.07, 6.45) is 1.82. The summed E-state index contributed by atoms with van der Waals surface area (Å²) in [4.78, 5) is 27.1. The Morgan fingerprint density at radius 2 is 1.60 bits per heavy atom. The van der Waals surface area contributed by atoms with E-state index in [2.05, 4.69) is 39.6 Å². The van der Waals surface area contributed by atoms with Crippen molar-refractivity contribution in [3.8, 4) is 11.3 Å². The summed E-state index contributed by atoms with van der Waals surface area (Å²) in [7, 11) is 0. The lowest BCUT2D eigenvalue weighted by Gasteiger charge is -2.32. The summed E-state index contributed by atoms with van der Waals surface area (Å²) in [5.74, 6) is -0.170. The highest BCUT2D eigenvalue weighted by molar-refractivity contribution is 5.76. The van der Waals surface area contributed by atoms with E-state index in [1.807, 2.05) is 36.4 Å². The van der Waals surface area contributed by atoms with Crippen LogP contribution in [0.4, 0.5) is 0 Å². The fourth-order valence-corrected chi connectivity index (χ4v) is 3.81. The van der Waals surface area contributed by atoms with Gasteiger partial charge in [0.15, 0.2) is 0 Å². The molecule has 0 atom stereocenters. The van der Waals surface area contributed by atoms with Gasteiger partial charge in [-0.25, -0.2) is 4.68 Å². The lowest BCUT2D eigenvalue weighted by atomic mass is 10.0. The van der Waals surface area contributed by atoms with E-state index in [0.29, 0.717) is 5.69 Å². The summed E-state index contributed by atoms with van der Waals surface area (Å²) in [6, 6.07) is 23.4. The minimum Gasteiger partial charge on any atom is -0.352 e. The van der Waals surface area contributed by atoms with Gasteiger partial charge < -0.3 is 5.32 Å². The lowest BCUT2D eigenvalue weighted by molar-refractivity contribution is -0.122. The Morgan fingerprint density at radius 1 is 0.933 bits per heavy atom. The van der Waals surface area contributed by atoms with Crippen LogP contribution in [0.3, 0.4) is 0 Å². The van der Waals surface area contributed by atoms with Crippen molar-refractivity contribution >= 4 is 5.91 Å². The van der Waals surface area contributed by atoms with E-state index in [0.717, 1.165) is 38.0 Å². The Labute approximate surface area is 176 Å². The topological polar surface area (TPSA) is 67.2 Å². The van der Waals surface area contributed by atoms with Crippen molar-refractivity contribution < 1.29 is 4.79 Å². The van der Waals surface area contributed by atoms with Crippen LogP contribution in [-0.4, -0.2) is 39.7 Å². The molecule has 0 radical (unpaired) electrons. The number of hydrogen-bond acceptors (Lipinski definition) is 4. The third kappa shape index (κ3) is 5.21. The standard InChI is InChI=1S/C24H26N4O2/c29-23(18-28-24(30)12-11-22(26-28)20-9-5-2-6-10-20)25-21-13-15-27(16-14-21)17-19-7-3-1-4-8-19/h1-12,21H,13-18H2,(H,25,29). The van der Waals surface area contributed by atoms with Gasteiger partial charge in [-0.05, 0) is 24.5 Å². The number of nitrogens with one attached hydrogen (secondary N) is 1. The van der Waals surface area contributed by atoms with Gasteiger partial charge >= 0.3 is 0 Å². The van der Waals surface area contributed by atoms with Crippen LogP contribution in [0.5, 0.6) is 0 Å². The second-order valence-electron chi connectivity index (χ2n) is 7.68. The molecule has 0 bridgehead atoms. The third-order valence-corrected chi connectivity index (χ3v) is 5.43. The zero-order valence-electron chi connectivity index (χ0n) is 16.9. The molecular weight excluding hydrogens is 376 g/mol. The average molecular weight is 402 g/mol. The molecule has 0 unspecified atom stereocenters. The zero-order chi connectivity index (χ0) is 20.8. The molecule has 1 saturated heterocycles. The van der Waals surface area contributed by atoms with Gasteiger partial charge in [0.05, 0.1) is 5.69 Å². The number of hydrogen-bond donors (Lipinski definition) is 1. The molecule has 3 aromatic rings. The van der Waals surface area contributed by atoms with Crippen LogP contribution in [0.1, 0.15) is 18.4 Å². The maximum absolute atomic E-state index is 12.5. The molecule has 1 aliphatic rings. The number of piperidine rings is 1. The van der Waals surface area contributed by atoms with Gasteiger partial charge in [0, 0.05) is 37.3 Å². The third-order valence-electron chi connectivity index (χ3n) is 5.43. The first-order valence-corrected chi connectivity index (χ1v) is 10.4. The first-order chi connectivity index (χ1) is 14.7. The first kappa shape index (κ1) is 20.0. The molecule has 30 heavy (non-hydrogen) atoms. The SMILES string of the molecule is O=C(Cn1nc(-c2ccccc2)ccc1=O)NC1CCN(Cc2ccccc2)CC1. The van der Waals surface area contributed by atoms with Crippen molar-refractivity contribution in [3.05, 3.63) is 88.7 Å². The summed E-state index contributed by atoms with van der Waals surface area (Å²) in [5, 5.41) is 7.44. The van der Waals surface area contributed by atoms with Crippen LogP contribution in [-0.2, 0) is 17.9 Å². The van der Waals surface area contributed by atoms with Crippen LogP contribution >= 0.6 is 0 Å². The molecule has 154 valence electrons.